The molecule has 0 heterocycles. The van der Waals surface area contributed by atoms with Gasteiger partial charge in [0.25, 0.3) is 0 Å². The van der Waals surface area contributed by atoms with Crippen molar-refractivity contribution in [1.82, 2.24) is 5.32 Å². The predicted molar refractivity (Wildman–Crippen MR) is 273 cm³/mol. The fourth-order valence-electron chi connectivity index (χ4n) is 8.48. The van der Waals surface area contributed by atoms with Gasteiger partial charge in [0, 0.05) is 6.42 Å². The van der Waals surface area contributed by atoms with Crippen LogP contribution in [-0.4, -0.2) is 46.9 Å². The lowest BCUT2D eigenvalue weighted by Crippen LogP contribution is -2.46. The second-order valence-corrected chi connectivity index (χ2v) is 19.0. The summed E-state index contributed by atoms with van der Waals surface area (Å²) >= 11 is 0. The molecule has 0 rings (SSSR count). The molecule has 0 aromatic heterocycles. The average Bonchev–Trinajstić information content (AvgIpc) is 3.28. The van der Waals surface area contributed by atoms with Gasteiger partial charge in [-0.3, -0.25) is 9.59 Å². The van der Waals surface area contributed by atoms with Gasteiger partial charge in [0.15, 0.2) is 0 Å². The number of hydrogen-bond acceptors (Lipinski definition) is 5. The number of rotatable bonds is 50. The standard InChI is InChI=1S/C57H107NO5/c1-4-7-10-13-16-19-22-25-27-29-32-35-38-41-44-47-50-57(62)63-53(48-45-42-39-36-33-31-28-26-23-20-17-14-11-8-5-2)51-56(61)58-54(52-59)55(60)49-46-43-40-37-34-30-24-21-18-15-12-9-6-3/h26-29,32,35,53-55,59-60H,4-25,30-31,33-34,36-52H2,1-3H3,(H,58,61)/b28-26+,29-27+,35-32+. The minimum atomic E-state index is -0.793. The number of ether oxygens (including phenoxy) is 1. The van der Waals surface area contributed by atoms with Crippen LogP contribution in [0.15, 0.2) is 36.5 Å². The Morgan fingerprint density at radius 3 is 1.22 bits per heavy atom. The number of allylic oxidation sites excluding steroid dienone is 6. The van der Waals surface area contributed by atoms with Crippen molar-refractivity contribution >= 4 is 11.9 Å². The van der Waals surface area contributed by atoms with E-state index in [2.05, 4.69) is 62.5 Å². The van der Waals surface area contributed by atoms with Gasteiger partial charge in [-0.2, -0.15) is 0 Å². The van der Waals surface area contributed by atoms with Gasteiger partial charge in [0.1, 0.15) is 6.10 Å². The van der Waals surface area contributed by atoms with Crippen LogP contribution in [0.25, 0.3) is 0 Å². The smallest absolute Gasteiger partial charge is 0.306 e. The fourth-order valence-corrected chi connectivity index (χ4v) is 8.48. The molecule has 6 heteroatoms. The number of amides is 1. The van der Waals surface area contributed by atoms with E-state index in [9.17, 15) is 19.8 Å². The van der Waals surface area contributed by atoms with Gasteiger partial charge in [0.05, 0.1) is 25.2 Å². The molecule has 3 atom stereocenters. The SMILES string of the molecule is CCCCCCCC/C=C/CCCCCCCC(CC(=O)NC(CO)C(O)CCCCCCCCCCCCCCC)OC(=O)CCCCC/C=C/C=C/CCCCCCCCC. The molecule has 0 aromatic carbocycles. The molecule has 3 N–H and O–H groups in total. The van der Waals surface area contributed by atoms with Crippen LogP contribution in [0.4, 0.5) is 0 Å². The predicted octanol–water partition coefficient (Wildman–Crippen LogP) is 16.8. The van der Waals surface area contributed by atoms with E-state index in [1.807, 2.05) is 0 Å². The van der Waals surface area contributed by atoms with E-state index in [1.165, 1.54) is 167 Å². The highest BCUT2D eigenvalue weighted by atomic mass is 16.5. The summed E-state index contributed by atoms with van der Waals surface area (Å²) in [6.45, 7) is 6.49. The zero-order valence-electron chi connectivity index (χ0n) is 42.2. The van der Waals surface area contributed by atoms with Gasteiger partial charge in [-0.05, 0) is 77.0 Å². The van der Waals surface area contributed by atoms with Gasteiger partial charge in [0.2, 0.25) is 5.91 Å². The third-order valence-electron chi connectivity index (χ3n) is 12.7. The quantitative estimate of drug-likeness (QED) is 0.0245. The van der Waals surface area contributed by atoms with Crippen molar-refractivity contribution in [3.8, 4) is 0 Å². The molecule has 0 aliphatic heterocycles. The highest BCUT2D eigenvalue weighted by molar-refractivity contribution is 5.77. The van der Waals surface area contributed by atoms with Gasteiger partial charge in [-0.15, -0.1) is 0 Å². The van der Waals surface area contributed by atoms with Crippen LogP contribution < -0.4 is 5.32 Å². The van der Waals surface area contributed by atoms with Crippen LogP contribution in [0.5, 0.6) is 0 Å². The normalized spacial score (nSPS) is 13.4. The van der Waals surface area contributed by atoms with E-state index in [0.717, 1.165) is 77.0 Å². The molecule has 0 aromatic rings. The van der Waals surface area contributed by atoms with Crippen LogP contribution in [0.2, 0.25) is 0 Å². The summed E-state index contributed by atoms with van der Waals surface area (Å²) in [4.78, 5) is 26.2. The minimum absolute atomic E-state index is 0.0639. The third-order valence-corrected chi connectivity index (χ3v) is 12.7. The number of aliphatic hydroxyl groups is 2. The molecule has 0 bridgehead atoms. The summed E-state index contributed by atoms with van der Waals surface area (Å²) in [5, 5.41) is 23.8. The number of carbonyl (C=O) groups is 2. The molecule has 0 saturated carbocycles. The second kappa shape index (κ2) is 51.1. The summed E-state index contributed by atoms with van der Waals surface area (Å²) in [6.07, 6.45) is 60.6. The molecule has 0 aliphatic rings. The molecule has 3 unspecified atom stereocenters. The summed E-state index contributed by atoms with van der Waals surface area (Å²) in [6, 6.07) is -0.708. The summed E-state index contributed by atoms with van der Waals surface area (Å²) in [5.41, 5.74) is 0. The van der Waals surface area contributed by atoms with Gasteiger partial charge < -0.3 is 20.3 Å². The molecule has 0 radical (unpaired) electrons. The molecule has 0 aliphatic carbocycles. The van der Waals surface area contributed by atoms with E-state index < -0.39 is 18.2 Å². The van der Waals surface area contributed by atoms with E-state index in [-0.39, 0.29) is 24.9 Å². The number of hydrogen-bond donors (Lipinski definition) is 3. The highest BCUT2D eigenvalue weighted by Gasteiger charge is 2.24. The van der Waals surface area contributed by atoms with Crippen molar-refractivity contribution in [2.75, 3.05) is 6.61 Å². The number of nitrogens with one attached hydrogen (secondary N) is 1. The largest absolute Gasteiger partial charge is 0.462 e. The topological polar surface area (TPSA) is 95.9 Å². The molecule has 6 nitrogen and oxygen atoms in total. The van der Waals surface area contributed by atoms with E-state index in [0.29, 0.717) is 19.3 Å². The zero-order chi connectivity index (χ0) is 45.9. The van der Waals surface area contributed by atoms with Crippen LogP contribution in [0.1, 0.15) is 290 Å². The Kier molecular flexibility index (Phi) is 49.5. The number of carbonyl (C=O) groups excluding carboxylic acids is 2. The molecule has 0 fully saturated rings. The maximum absolute atomic E-state index is 13.2. The first kappa shape index (κ1) is 61.1. The van der Waals surface area contributed by atoms with Crippen molar-refractivity contribution in [3.05, 3.63) is 36.5 Å². The lowest BCUT2D eigenvalue weighted by Gasteiger charge is -2.24. The summed E-state index contributed by atoms with van der Waals surface area (Å²) < 4.78 is 5.94. The molecule has 0 saturated heterocycles. The van der Waals surface area contributed by atoms with E-state index in [4.69, 9.17) is 4.74 Å². The monoisotopic (exact) mass is 886 g/mol. The van der Waals surface area contributed by atoms with Gasteiger partial charge in [-0.1, -0.05) is 237 Å². The molecule has 1 amide bonds. The maximum Gasteiger partial charge on any atom is 0.306 e. The first-order valence-electron chi connectivity index (χ1n) is 27.7. The Morgan fingerprint density at radius 1 is 0.460 bits per heavy atom. The van der Waals surface area contributed by atoms with Gasteiger partial charge in [-0.25, -0.2) is 0 Å². The van der Waals surface area contributed by atoms with Crippen LogP contribution in [0.3, 0.4) is 0 Å². The Hall–Kier alpha value is -1.92. The summed E-state index contributed by atoms with van der Waals surface area (Å²) in [5.74, 6) is -0.502. The Labute approximate surface area is 392 Å². The summed E-state index contributed by atoms with van der Waals surface area (Å²) in [7, 11) is 0. The van der Waals surface area contributed by atoms with Crippen molar-refractivity contribution in [1.29, 1.82) is 0 Å². The van der Waals surface area contributed by atoms with Crippen LogP contribution in [0, 0.1) is 0 Å². The van der Waals surface area contributed by atoms with Crippen molar-refractivity contribution in [2.45, 2.75) is 309 Å². The molecule has 370 valence electrons. The fraction of sp³-hybridized carbons (Fsp3) is 0.860. The first-order valence-corrected chi connectivity index (χ1v) is 27.7. The van der Waals surface area contributed by atoms with E-state index in [1.54, 1.807) is 0 Å². The zero-order valence-corrected chi connectivity index (χ0v) is 42.2. The minimum Gasteiger partial charge on any atom is -0.462 e. The number of unbranched alkanes of at least 4 members (excludes halogenated alkanes) is 33. The Balaban J connectivity index is 4.61. The van der Waals surface area contributed by atoms with Gasteiger partial charge >= 0.3 is 5.97 Å². The van der Waals surface area contributed by atoms with E-state index >= 15 is 0 Å². The average molecular weight is 886 g/mol. The lowest BCUT2D eigenvalue weighted by atomic mass is 10.0. The molecular weight excluding hydrogens is 779 g/mol. The Bertz CT molecular complexity index is 1040. The lowest BCUT2D eigenvalue weighted by molar-refractivity contribution is -0.151. The van der Waals surface area contributed by atoms with Crippen molar-refractivity contribution in [2.24, 2.45) is 0 Å². The van der Waals surface area contributed by atoms with Crippen LogP contribution >= 0.6 is 0 Å². The maximum atomic E-state index is 13.2. The first-order chi connectivity index (χ1) is 31.0. The highest BCUT2D eigenvalue weighted by Crippen LogP contribution is 2.18. The second-order valence-electron chi connectivity index (χ2n) is 19.0. The van der Waals surface area contributed by atoms with Crippen molar-refractivity contribution < 1.29 is 24.5 Å². The molecule has 63 heavy (non-hydrogen) atoms. The van der Waals surface area contributed by atoms with Crippen molar-refractivity contribution in [3.63, 3.8) is 0 Å². The molecular formula is C57H107NO5. The third kappa shape index (κ3) is 46.4. The Morgan fingerprint density at radius 2 is 0.810 bits per heavy atom. The van der Waals surface area contributed by atoms with Crippen LogP contribution in [-0.2, 0) is 14.3 Å². The number of aliphatic hydroxyl groups excluding tert-OH is 2. The molecule has 0 spiro atoms. The number of esters is 1.